The minimum atomic E-state index is -0.144. The van der Waals surface area contributed by atoms with E-state index < -0.39 is 0 Å². The molecule has 2 rings (SSSR count). The normalized spacial score (nSPS) is 18.2. The third-order valence-corrected chi connectivity index (χ3v) is 3.46. The Labute approximate surface area is 108 Å². The van der Waals surface area contributed by atoms with E-state index in [9.17, 15) is 4.79 Å². The zero-order valence-corrected chi connectivity index (χ0v) is 10.6. The fraction of sp³-hybridized carbons (Fsp3) is 0.400. The Morgan fingerprint density at radius 2 is 1.94 bits per heavy atom. The van der Waals surface area contributed by atoms with Crippen molar-refractivity contribution in [3.05, 3.63) is 42.0 Å². The summed E-state index contributed by atoms with van der Waals surface area (Å²) in [6, 6.07) is 10.3. The van der Waals surface area contributed by atoms with Crippen molar-refractivity contribution in [3.8, 4) is 0 Å². The number of primary amides is 1. The molecule has 1 aliphatic rings. The Morgan fingerprint density at radius 1 is 1.28 bits per heavy atom. The summed E-state index contributed by atoms with van der Waals surface area (Å²) >= 11 is 0. The molecule has 0 bridgehead atoms. The second-order valence-corrected chi connectivity index (χ2v) is 4.79. The Bertz CT molecular complexity index is 406. The molecule has 1 aromatic carbocycles. The van der Waals surface area contributed by atoms with Gasteiger partial charge in [-0.1, -0.05) is 42.5 Å². The van der Waals surface area contributed by atoms with Gasteiger partial charge in [-0.2, -0.15) is 0 Å². The van der Waals surface area contributed by atoms with Crippen LogP contribution < -0.4 is 5.73 Å². The van der Waals surface area contributed by atoms with Crippen molar-refractivity contribution in [1.82, 2.24) is 4.90 Å². The van der Waals surface area contributed by atoms with Gasteiger partial charge in [0, 0.05) is 12.5 Å². The molecule has 1 fully saturated rings. The van der Waals surface area contributed by atoms with Gasteiger partial charge in [-0.25, -0.2) is 0 Å². The summed E-state index contributed by atoms with van der Waals surface area (Å²) in [7, 11) is 0. The predicted octanol–water partition coefficient (Wildman–Crippen LogP) is 1.90. The summed E-state index contributed by atoms with van der Waals surface area (Å²) in [6.07, 6.45) is 6.11. The van der Waals surface area contributed by atoms with E-state index in [0.29, 0.717) is 0 Å². The maximum atomic E-state index is 11.0. The molecular formula is C15H20N2O. The number of hydrogen-bond donors (Lipinski definition) is 1. The maximum absolute atomic E-state index is 11.0. The van der Waals surface area contributed by atoms with Crippen LogP contribution in [0, 0.1) is 5.92 Å². The van der Waals surface area contributed by atoms with Crippen molar-refractivity contribution < 1.29 is 4.79 Å². The first-order chi connectivity index (χ1) is 8.75. The Kier molecular flexibility index (Phi) is 4.53. The van der Waals surface area contributed by atoms with E-state index in [0.717, 1.165) is 32.5 Å². The monoisotopic (exact) mass is 244 g/mol. The first-order valence-corrected chi connectivity index (χ1v) is 6.49. The molecule has 3 nitrogen and oxygen atoms in total. The molecule has 96 valence electrons. The highest BCUT2D eigenvalue weighted by molar-refractivity contribution is 5.76. The molecule has 2 N–H and O–H groups in total. The summed E-state index contributed by atoms with van der Waals surface area (Å²) in [5.74, 6) is -0.0613. The molecular weight excluding hydrogens is 224 g/mol. The van der Waals surface area contributed by atoms with E-state index in [2.05, 4.69) is 29.2 Å². The molecule has 1 amide bonds. The topological polar surface area (TPSA) is 46.3 Å². The highest BCUT2D eigenvalue weighted by atomic mass is 16.1. The molecule has 3 heteroatoms. The lowest BCUT2D eigenvalue weighted by molar-refractivity contribution is -0.123. The van der Waals surface area contributed by atoms with Crippen molar-refractivity contribution in [1.29, 1.82) is 0 Å². The van der Waals surface area contributed by atoms with Gasteiger partial charge in [-0.15, -0.1) is 0 Å². The smallest absolute Gasteiger partial charge is 0.220 e. The van der Waals surface area contributed by atoms with Gasteiger partial charge in [-0.3, -0.25) is 9.69 Å². The highest BCUT2D eigenvalue weighted by Gasteiger charge is 2.21. The number of carbonyl (C=O) groups is 1. The van der Waals surface area contributed by atoms with E-state index in [1.54, 1.807) is 0 Å². The van der Waals surface area contributed by atoms with Crippen LogP contribution in [0.5, 0.6) is 0 Å². The van der Waals surface area contributed by atoms with Gasteiger partial charge in [0.15, 0.2) is 0 Å². The van der Waals surface area contributed by atoms with Crippen molar-refractivity contribution in [2.24, 2.45) is 11.7 Å². The molecule has 0 aromatic heterocycles. The number of carbonyl (C=O) groups excluding carboxylic acids is 1. The predicted molar refractivity (Wildman–Crippen MR) is 73.8 cm³/mol. The quantitative estimate of drug-likeness (QED) is 0.879. The number of nitrogens with two attached hydrogens (primary N) is 1. The van der Waals surface area contributed by atoms with E-state index in [1.165, 1.54) is 5.56 Å². The van der Waals surface area contributed by atoms with Gasteiger partial charge >= 0.3 is 0 Å². The largest absolute Gasteiger partial charge is 0.369 e. The first-order valence-electron chi connectivity index (χ1n) is 6.49. The first kappa shape index (κ1) is 12.8. The number of rotatable bonds is 4. The molecule has 0 aliphatic carbocycles. The third-order valence-electron chi connectivity index (χ3n) is 3.46. The lowest BCUT2D eigenvalue weighted by Crippen LogP contribution is -2.38. The minimum Gasteiger partial charge on any atom is -0.369 e. The maximum Gasteiger partial charge on any atom is 0.220 e. The summed E-state index contributed by atoms with van der Waals surface area (Å²) in [4.78, 5) is 13.4. The lowest BCUT2D eigenvalue weighted by atomic mass is 9.96. The van der Waals surface area contributed by atoms with Gasteiger partial charge in [0.05, 0.1) is 0 Å². The van der Waals surface area contributed by atoms with Gasteiger partial charge < -0.3 is 5.73 Å². The van der Waals surface area contributed by atoms with Crippen molar-refractivity contribution >= 4 is 12.0 Å². The SMILES string of the molecule is NC(=O)C1CCN(C/C=C/c2ccccc2)CC1. The van der Waals surface area contributed by atoms with E-state index >= 15 is 0 Å². The summed E-state index contributed by atoms with van der Waals surface area (Å²) in [5, 5.41) is 0. The van der Waals surface area contributed by atoms with Crippen molar-refractivity contribution in [2.45, 2.75) is 12.8 Å². The molecule has 1 aliphatic heterocycles. The van der Waals surface area contributed by atoms with Crippen LogP contribution in [-0.2, 0) is 4.79 Å². The molecule has 1 aromatic rings. The number of amides is 1. The molecule has 0 unspecified atom stereocenters. The number of piperidine rings is 1. The average molecular weight is 244 g/mol. The Balaban J connectivity index is 1.76. The van der Waals surface area contributed by atoms with Crippen LogP contribution in [0.15, 0.2) is 36.4 Å². The zero-order chi connectivity index (χ0) is 12.8. The standard InChI is InChI=1S/C15H20N2O/c16-15(18)14-8-11-17(12-9-14)10-4-7-13-5-2-1-3-6-13/h1-7,14H,8-12H2,(H2,16,18)/b7-4+. The fourth-order valence-electron chi connectivity index (χ4n) is 2.30. The Hall–Kier alpha value is -1.61. The average Bonchev–Trinajstić information content (AvgIpc) is 2.40. The molecule has 0 radical (unpaired) electrons. The summed E-state index contributed by atoms with van der Waals surface area (Å²) in [5.41, 5.74) is 6.54. The van der Waals surface area contributed by atoms with E-state index in [4.69, 9.17) is 5.73 Å². The second-order valence-electron chi connectivity index (χ2n) is 4.79. The van der Waals surface area contributed by atoms with Crippen LogP contribution in [0.2, 0.25) is 0 Å². The van der Waals surface area contributed by atoms with Crippen molar-refractivity contribution in [2.75, 3.05) is 19.6 Å². The van der Waals surface area contributed by atoms with Crippen LogP contribution in [-0.4, -0.2) is 30.4 Å². The van der Waals surface area contributed by atoms with Crippen LogP contribution in [0.4, 0.5) is 0 Å². The third kappa shape index (κ3) is 3.70. The number of benzene rings is 1. The molecule has 18 heavy (non-hydrogen) atoms. The number of hydrogen-bond acceptors (Lipinski definition) is 2. The second kappa shape index (κ2) is 6.36. The molecule has 0 spiro atoms. The molecule has 0 atom stereocenters. The van der Waals surface area contributed by atoms with Gasteiger partial charge in [0.25, 0.3) is 0 Å². The lowest BCUT2D eigenvalue weighted by Gasteiger charge is -2.29. The highest BCUT2D eigenvalue weighted by Crippen LogP contribution is 2.16. The minimum absolute atomic E-state index is 0.0827. The van der Waals surface area contributed by atoms with E-state index in [1.807, 2.05) is 18.2 Å². The molecule has 0 saturated carbocycles. The molecule has 1 saturated heterocycles. The summed E-state index contributed by atoms with van der Waals surface area (Å²) < 4.78 is 0. The zero-order valence-electron chi connectivity index (χ0n) is 10.6. The van der Waals surface area contributed by atoms with Crippen LogP contribution >= 0.6 is 0 Å². The number of nitrogens with zero attached hydrogens (tertiary/aromatic N) is 1. The van der Waals surface area contributed by atoms with Crippen LogP contribution in [0.3, 0.4) is 0 Å². The number of likely N-dealkylation sites (tertiary alicyclic amines) is 1. The van der Waals surface area contributed by atoms with Gasteiger partial charge in [0.1, 0.15) is 0 Å². The Morgan fingerprint density at radius 3 is 2.56 bits per heavy atom. The van der Waals surface area contributed by atoms with Crippen LogP contribution in [0.1, 0.15) is 18.4 Å². The van der Waals surface area contributed by atoms with E-state index in [-0.39, 0.29) is 11.8 Å². The molecule has 1 heterocycles. The van der Waals surface area contributed by atoms with Crippen molar-refractivity contribution in [3.63, 3.8) is 0 Å². The summed E-state index contributed by atoms with van der Waals surface area (Å²) in [6.45, 7) is 2.87. The van der Waals surface area contributed by atoms with Crippen LogP contribution in [0.25, 0.3) is 6.08 Å². The van der Waals surface area contributed by atoms with Gasteiger partial charge in [-0.05, 0) is 31.5 Å². The fourth-order valence-corrected chi connectivity index (χ4v) is 2.30. The van der Waals surface area contributed by atoms with Gasteiger partial charge in [0.2, 0.25) is 5.91 Å².